The molecule has 8 heteroatoms. The second kappa shape index (κ2) is 9.63. The molecule has 0 unspecified atom stereocenters. The van der Waals surface area contributed by atoms with Gasteiger partial charge in [-0.2, -0.15) is 0 Å². The summed E-state index contributed by atoms with van der Waals surface area (Å²) < 4.78 is 25.5. The summed E-state index contributed by atoms with van der Waals surface area (Å²) in [6, 6.07) is 19.8. The first-order valence-corrected chi connectivity index (χ1v) is 11.1. The van der Waals surface area contributed by atoms with Gasteiger partial charge in [-0.05, 0) is 53.9 Å². The molecule has 0 aliphatic carbocycles. The Morgan fingerprint density at radius 1 is 0.839 bits per heavy atom. The van der Waals surface area contributed by atoms with Crippen molar-refractivity contribution in [2.75, 3.05) is 6.61 Å². The Morgan fingerprint density at radius 3 is 1.90 bits per heavy atom. The van der Waals surface area contributed by atoms with Crippen LogP contribution in [0, 0.1) is 0 Å². The van der Waals surface area contributed by atoms with Gasteiger partial charge in [0, 0.05) is 6.54 Å². The van der Waals surface area contributed by atoms with Crippen molar-refractivity contribution in [2.45, 2.75) is 28.8 Å². The van der Waals surface area contributed by atoms with Gasteiger partial charge in [-0.15, -0.1) is 0 Å². The van der Waals surface area contributed by atoms with Crippen LogP contribution in [0.2, 0.25) is 0 Å². The van der Waals surface area contributed by atoms with E-state index in [4.69, 9.17) is 0 Å². The van der Waals surface area contributed by atoms with Crippen molar-refractivity contribution in [2.24, 2.45) is 0 Å². The lowest BCUT2D eigenvalue weighted by molar-refractivity contribution is 0.0932. The van der Waals surface area contributed by atoms with Crippen LogP contribution in [0.1, 0.15) is 11.1 Å². The van der Waals surface area contributed by atoms with Gasteiger partial charge in [0.05, 0.1) is 22.4 Å². The predicted molar refractivity (Wildman–Crippen MR) is 115 cm³/mol. The normalized spacial score (nSPS) is 12.3. The average Bonchev–Trinajstić information content (AvgIpc) is 2.77. The number of hydrogen-bond donors (Lipinski definition) is 3. The number of hydrogen-bond acceptors (Lipinski definition) is 5. The van der Waals surface area contributed by atoms with E-state index in [1.807, 2.05) is 30.3 Å². The minimum atomic E-state index is -3.74. The van der Waals surface area contributed by atoms with Crippen LogP contribution < -0.4 is 0 Å². The zero-order chi connectivity index (χ0) is 22.4. The van der Waals surface area contributed by atoms with Crippen molar-refractivity contribution in [1.82, 2.24) is 4.90 Å². The molecule has 0 aromatic heterocycles. The molecule has 3 aromatic rings. The molecule has 7 nitrogen and oxygen atoms in total. The van der Waals surface area contributed by atoms with Crippen LogP contribution in [0.5, 0.6) is 5.75 Å². The summed E-state index contributed by atoms with van der Waals surface area (Å²) in [7, 11) is -3.74. The minimum Gasteiger partial charge on any atom is -0.508 e. The van der Waals surface area contributed by atoms with E-state index in [1.54, 1.807) is 12.1 Å². The van der Waals surface area contributed by atoms with E-state index in [9.17, 15) is 28.5 Å². The molecule has 0 saturated carbocycles. The molecule has 0 radical (unpaired) electrons. The van der Waals surface area contributed by atoms with Gasteiger partial charge in [-0.1, -0.05) is 42.5 Å². The Hall–Kier alpha value is -3.36. The summed E-state index contributed by atoms with van der Waals surface area (Å²) >= 11 is 0. The van der Waals surface area contributed by atoms with E-state index in [0.717, 1.165) is 5.56 Å². The molecule has 162 valence electrons. The second-order valence-electron chi connectivity index (χ2n) is 7.08. The lowest BCUT2D eigenvalue weighted by Gasteiger charge is -2.28. The molecule has 3 N–H and O–H groups in total. The maximum atomic E-state index is 12.7. The van der Waals surface area contributed by atoms with Crippen LogP contribution >= 0.6 is 0 Å². The highest BCUT2D eigenvalue weighted by Gasteiger charge is 2.24. The predicted octanol–water partition coefficient (Wildman–Crippen LogP) is 3.31. The molecular formula is C23H23NO6S. The van der Waals surface area contributed by atoms with Gasteiger partial charge >= 0.3 is 6.09 Å². The van der Waals surface area contributed by atoms with E-state index < -0.39 is 22.0 Å². The summed E-state index contributed by atoms with van der Waals surface area (Å²) in [5.74, 6) is -0.0252. The van der Waals surface area contributed by atoms with Gasteiger partial charge in [0.25, 0.3) is 0 Å². The molecule has 1 atom stereocenters. The topological polar surface area (TPSA) is 115 Å². The van der Waals surface area contributed by atoms with Gasteiger partial charge in [-0.3, -0.25) is 4.90 Å². The number of rotatable bonds is 8. The largest absolute Gasteiger partial charge is 0.508 e. The van der Waals surface area contributed by atoms with E-state index in [0.29, 0.717) is 5.56 Å². The lowest BCUT2D eigenvalue weighted by Crippen LogP contribution is -2.42. The number of phenols is 1. The highest BCUT2D eigenvalue weighted by atomic mass is 32.2. The van der Waals surface area contributed by atoms with Crippen LogP contribution in [-0.4, -0.2) is 47.4 Å². The van der Waals surface area contributed by atoms with Crippen LogP contribution in [0.4, 0.5) is 4.79 Å². The fourth-order valence-electron chi connectivity index (χ4n) is 3.24. The number of carbonyl (C=O) groups is 1. The van der Waals surface area contributed by atoms with Crippen molar-refractivity contribution >= 4 is 15.9 Å². The second-order valence-corrected chi connectivity index (χ2v) is 9.03. The first-order valence-electron chi connectivity index (χ1n) is 9.58. The van der Waals surface area contributed by atoms with Gasteiger partial charge in [0.15, 0.2) is 0 Å². The molecule has 0 spiro atoms. The van der Waals surface area contributed by atoms with Gasteiger partial charge in [0.2, 0.25) is 9.84 Å². The molecule has 0 saturated heterocycles. The summed E-state index contributed by atoms with van der Waals surface area (Å²) in [5.41, 5.74) is 1.50. The van der Waals surface area contributed by atoms with Gasteiger partial charge in [-0.25, -0.2) is 13.2 Å². The smallest absolute Gasteiger partial charge is 0.407 e. The molecule has 0 fully saturated rings. The third kappa shape index (κ3) is 5.42. The average molecular weight is 442 g/mol. The standard InChI is InChI=1S/C23H23NO6S/c25-16-19(24(23(27)28)15-18-4-2-1-3-5-18)14-17-6-10-21(11-7-17)31(29,30)22-12-8-20(26)9-13-22/h1-13,19,25-26H,14-16H2,(H,27,28)/t19-/m0/s1. The Labute approximate surface area is 180 Å². The zero-order valence-electron chi connectivity index (χ0n) is 16.6. The van der Waals surface area contributed by atoms with Crippen LogP contribution in [0.3, 0.4) is 0 Å². The monoisotopic (exact) mass is 441 g/mol. The number of amides is 1. The SMILES string of the molecule is O=C(O)N(Cc1ccccc1)[C@H](CO)Cc1ccc(S(=O)(=O)c2ccc(O)cc2)cc1. The van der Waals surface area contributed by atoms with Crippen molar-refractivity contribution in [3.05, 3.63) is 90.0 Å². The summed E-state index contributed by atoms with van der Waals surface area (Å²) in [5, 5.41) is 28.8. The molecular weight excluding hydrogens is 418 g/mol. The molecule has 3 aromatic carbocycles. The molecule has 1 amide bonds. The highest BCUT2D eigenvalue weighted by Crippen LogP contribution is 2.23. The maximum absolute atomic E-state index is 12.7. The number of aliphatic hydroxyl groups is 1. The molecule has 31 heavy (non-hydrogen) atoms. The van der Waals surface area contributed by atoms with Crippen molar-refractivity contribution in [3.63, 3.8) is 0 Å². The maximum Gasteiger partial charge on any atom is 0.407 e. The fraction of sp³-hybridized carbons (Fsp3) is 0.174. The van der Waals surface area contributed by atoms with Crippen molar-refractivity contribution in [3.8, 4) is 5.75 Å². The molecule has 0 aliphatic heterocycles. The third-order valence-corrected chi connectivity index (χ3v) is 6.73. The fourth-order valence-corrected chi connectivity index (χ4v) is 4.51. The third-order valence-electron chi connectivity index (χ3n) is 4.94. The van der Waals surface area contributed by atoms with Crippen molar-refractivity contribution < 1.29 is 28.5 Å². The number of carboxylic acid groups (broad SMARTS) is 1. The molecule has 0 heterocycles. The Kier molecular flexibility index (Phi) is 6.94. The molecule has 0 bridgehead atoms. The summed E-state index contributed by atoms with van der Waals surface area (Å²) in [6.07, 6.45) is -0.913. The first kappa shape index (κ1) is 22.3. The molecule has 3 rings (SSSR count). The van der Waals surface area contributed by atoms with Crippen LogP contribution in [0.25, 0.3) is 0 Å². The quantitative estimate of drug-likeness (QED) is 0.494. The summed E-state index contributed by atoms with van der Waals surface area (Å²) in [4.78, 5) is 13.1. The van der Waals surface area contributed by atoms with E-state index in [1.165, 1.54) is 41.3 Å². The minimum absolute atomic E-state index is 0.0252. The van der Waals surface area contributed by atoms with Gasteiger partial charge in [0.1, 0.15) is 5.75 Å². The number of phenolic OH excluding ortho intramolecular Hbond substituents is 1. The van der Waals surface area contributed by atoms with Crippen molar-refractivity contribution in [1.29, 1.82) is 0 Å². The lowest BCUT2D eigenvalue weighted by atomic mass is 10.0. The number of sulfone groups is 1. The first-order chi connectivity index (χ1) is 14.8. The van der Waals surface area contributed by atoms with E-state index in [-0.39, 0.29) is 35.1 Å². The Bertz CT molecular complexity index is 1110. The van der Waals surface area contributed by atoms with Crippen LogP contribution in [0.15, 0.2) is 88.7 Å². The highest BCUT2D eigenvalue weighted by molar-refractivity contribution is 7.91. The Morgan fingerprint density at radius 2 is 1.39 bits per heavy atom. The summed E-state index contributed by atoms with van der Waals surface area (Å²) in [6.45, 7) is -0.235. The number of aliphatic hydroxyl groups excluding tert-OH is 1. The van der Waals surface area contributed by atoms with E-state index in [2.05, 4.69) is 0 Å². The zero-order valence-corrected chi connectivity index (χ0v) is 17.4. The number of aromatic hydroxyl groups is 1. The number of nitrogens with zero attached hydrogens (tertiary/aromatic N) is 1. The van der Waals surface area contributed by atoms with E-state index >= 15 is 0 Å². The van der Waals surface area contributed by atoms with Crippen LogP contribution in [-0.2, 0) is 22.8 Å². The van der Waals surface area contributed by atoms with Gasteiger partial charge < -0.3 is 15.3 Å². The molecule has 0 aliphatic rings. The number of benzene rings is 3. The Balaban J connectivity index is 1.77.